The van der Waals surface area contributed by atoms with Crippen molar-refractivity contribution >= 4 is 82.5 Å². The first-order chi connectivity index (χ1) is 7.33. The highest BCUT2D eigenvalue weighted by Crippen LogP contribution is 2.12. The molecular weight excluding hydrogens is 409 g/mol. The molecule has 0 atom stereocenters. The zero-order chi connectivity index (χ0) is 10.9. The van der Waals surface area contributed by atoms with Gasteiger partial charge in [0.1, 0.15) is 5.84 Å². The Morgan fingerprint density at radius 1 is 1.12 bits per heavy atom. The molecule has 0 aliphatic carbocycles. The molecule has 0 radical (unpaired) electrons. The van der Waals surface area contributed by atoms with Crippen molar-refractivity contribution in [3.05, 3.63) is 0 Å². The van der Waals surface area contributed by atoms with Crippen LogP contribution in [0.3, 0.4) is 0 Å². The maximum atomic E-state index is 5.36. The van der Waals surface area contributed by atoms with Crippen molar-refractivity contribution in [3.63, 3.8) is 0 Å². The van der Waals surface area contributed by atoms with Gasteiger partial charge in [-0.05, 0) is 6.26 Å². The van der Waals surface area contributed by atoms with Crippen molar-refractivity contribution in [1.82, 2.24) is 0 Å². The number of thioether (sulfide) groups is 3. The first-order valence-corrected chi connectivity index (χ1v) is 8.38. The number of halogens is 2. The highest BCUT2D eigenvalue weighted by Gasteiger charge is 2.01. The van der Waals surface area contributed by atoms with E-state index in [1.807, 2.05) is 23.5 Å². The second-order valence-electron chi connectivity index (χ2n) is 2.96. The standard InChI is InChI=1S/C5H9NS2.C4H8N2S.ClH.HI/c1-7-5-4-8-3-2-6-5;5-4-3-7-2-1-6-4;;/h2-4H2,1H3;1-3H2,(H2,5,6);2*1H. The van der Waals surface area contributed by atoms with E-state index >= 15 is 0 Å². The van der Waals surface area contributed by atoms with E-state index in [0.717, 1.165) is 36.2 Å². The molecule has 0 amide bonds. The largest absolute Gasteiger partial charge is 0.387 e. The number of nitrogens with two attached hydrogens (primary N) is 1. The Morgan fingerprint density at radius 3 is 1.94 bits per heavy atom. The molecule has 2 heterocycles. The highest BCUT2D eigenvalue weighted by molar-refractivity contribution is 14.0. The van der Waals surface area contributed by atoms with E-state index in [2.05, 4.69) is 16.2 Å². The van der Waals surface area contributed by atoms with Gasteiger partial charge in [-0.1, -0.05) is 0 Å². The van der Waals surface area contributed by atoms with Gasteiger partial charge in [0, 0.05) is 23.8 Å². The Bertz CT molecular complexity index is 252. The van der Waals surface area contributed by atoms with Crippen LogP contribution in [0, 0.1) is 0 Å². The Labute approximate surface area is 139 Å². The molecule has 0 aromatic rings. The fourth-order valence-electron chi connectivity index (χ4n) is 1.04. The summed E-state index contributed by atoms with van der Waals surface area (Å²) in [4.78, 5) is 8.31. The zero-order valence-corrected chi connectivity index (χ0v) is 15.4. The maximum absolute atomic E-state index is 5.36. The average Bonchev–Trinajstić information content (AvgIpc) is 2.32. The van der Waals surface area contributed by atoms with Crippen LogP contribution < -0.4 is 5.73 Å². The fraction of sp³-hybridized carbons (Fsp3) is 0.778. The normalized spacial score (nSPS) is 18.4. The fourth-order valence-corrected chi connectivity index (χ4v) is 3.28. The maximum Gasteiger partial charge on any atom is 0.104 e. The summed E-state index contributed by atoms with van der Waals surface area (Å²) in [6, 6.07) is 0. The SMILES string of the molecule is CSC1=NCCSC1.Cl.I.NC1=NCCSC1. The predicted molar refractivity (Wildman–Crippen MR) is 99.6 cm³/mol. The molecule has 0 spiro atoms. The van der Waals surface area contributed by atoms with Crippen molar-refractivity contribution in [2.24, 2.45) is 15.7 Å². The molecule has 0 fully saturated rings. The predicted octanol–water partition coefficient (Wildman–Crippen LogP) is 2.62. The molecule has 2 N–H and O–H groups in total. The van der Waals surface area contributed by atoms with Crippen LogP contribution >= 0.6 is 71.7 Å². The van der Waals surface area contributed by atoms with E-state index in [9.17, 15) is 0 Å². The lowest BCUT2D eigenvalue weighted by molar-refractivity contribution is 1.12. The molecule has 2 aliphatic rings. The summed E-state index contributed by atoms with van der Waals surface area (Å²) in [5.74, 6) is 5.22. The molecule has 0 bridgehead atoms. The van der Waals surface area contributed by atoms with Crippen molar-refractivity contribution in [3.8, 4) is 0 Å². The highest BCUT2D eigenvalue weighted by atomic mass is 127. The molecule has 0 saturated heterocycles. The minimum absolute atomic E-state index is 0. The van der Waals surface area contributed by atoms with E-state index in [4.69, 9.17) is 5.73 Å². The summed E-state index contributed by atoms with van der Waals surface area (Å²) in [6.45, 7) is 1.94. The summed E-state index contributed by atoms with van der Waals surface area (Å²) in [5, 5.41) is 1.31. The molecule has 0 aromatic heterocycles. The van der Waals surface area contributed by atoms with E-state index in [-0.39, 0.29) is 36.4 Å². The first kappa shape index (κ1) is 20.5. The topological polar surface area (TPSA) is 50.7 Å². The van der Waals surface area contributed by atoms with E-state index in [1.165, 1.54) is 10.8 Å². The van der Waals surface area contributed by atoms with Crippen LogP contribution in [0.25, 0.3) is 0 Å². The third-order valence-corrected chi connectivity index (χ3v) is 4.63. The number of hydrogen-bond acceptors (Lipinski definition) is 6. The van der Waals surface area contributed by atoms with Crippen molar-refractivity contribution < 1.29 is 0 Å². The van der Waals surface area contributed by atoms with Crippen LogP contribution in [0.15, 0.2) is 9.98 Å². The van der Waals surface area contributed by atoms with Crippen LogP contribution in [-0.2, 0) is 0 Å². The van der Waals surface area contributed by atoms with Crippen LogP contribution in [0.5, 0.6) is 0 Å². The molecule has 102 valence electrons. The summed E-state index contributed by atoms with van der Waals surface area (Å²) in [6.07, 6.45) is 2.09. The van der Waals surface area contributed by atoms with Crippen LogP contribution in [0.4, 0.5) is 0 Å². The van der Waals surface area contributed by atoms with E-state index in [1.54, 1.807) is 11.8 Å². The number of amidine groups is 1. The molecule has 17 heavy (non-hydrogen) atoms. The minimum Gasteiger partial charge on any atom is -0.387 e. The van der Waals surface area contributed by atoms with Gasteiger partial charge in [0.05, 0.1) is 17.3 Å². The van der Waals surface area contributed by atoms with Crippen LogP contribution in [-0.4, -0.2) is 53.2 Å². The second-order valence-corrected chi connectivity index (χ2v) is 6.05. The average molecular weight is 428 g/mol. The Hall–Kier alpha value is 1.21. The van der Waals surface area contributed by atoms with E-state index < -0.39 is 0 Å². The van der Waals surface area contributed by atoms with Crippen molar-refractivity contribution in [1.29, 1.82) is 0 Å². The van der Waals surface area contributed by atoms with Gasteiger partial charge >= 0.3 is 0 Å². The van der Waals surface area contributed by atoms with Crippen LogP contribution in [0.1, 0.15) is 0 Å². The molecule has 8 heteroatoms. The Morgan fingerprint density at radius 2 is 1.71 bits per heavy atom. The summed E-state index contributed by atoms with van der Waals surface area (Å²) in [7, 11) is 0. The molecule has 0 aromatic carbocycles. The number of nitrogens with zero attached hydrogens (tertiary/aromatic N) is 2. The number of rotatable bonds is 0. The van der Waals surface area contributed by atoms with Gasteiger partial charge < -0.3 is 5.73 Å². The molecule has 2 rings (SSSR count). The van der Waals surface area contributed by atoms with Gasteiger partial charge in [-0.25, -0.2) is 0 Å². The molecular formula is C9H19ClIN3S3. The van der Waals surface area contributed by atoms with Crippen LogP contribution in [0.2, 0.25) is 0 Å². The van der Waals surface area contributed by atoms with Gasteiger partial charge in [-0.15, -0.1) is 48.1 Å². The van der Waals surface area contributed by atoms with Gasteiger partial charge in [-0.2, -0.15) is 23.5 Å². The van der Waals surface area contributed by atoms with Gasteiger partial charge in [-0.3, -0.25) is 9.98 Å². The second kappa shape index (κ2) is 13.6. The molecule has 3 nitrogen and oxygen atoms in total. The van der Waals surface area contributed by atoms with E-state index in [0.29, 0.717) is 0 Å². The lowest BCUT2D eigenvalue weighted by Crippen LogP contribution is -2.19. The lowest BCUT2D eigenvalue weighted by Gasteiger charge is -2.07. The summed E-state index contributed by atoms with van der Waals surface area (Å²) in [5.41, 5.74) is 5.36. The smallest absolute Gasteiger partial charge is 0.104 e. The minimum atomic E-state index is 0. The molecule has 0 saturated carbocycles. The number of hydrogen-bond donors (Lipinski definition) is 1. The van der Waals surface area contributed by atoms with Gasteiger partial charge in [0.2, 0.25) is 0 Å². The first-order valence-electron chi connectivity index (χ1n) is 4.84. The third-order valence-electron chi connectivity index (χ3n) is 1.79. The lowest BCUT2D eigenvalue weighted by atomic mass is 10.6. The van der Waals surface area contributed by atoms with Crippen molar-refractivity contribution in [2.75, 3.05) is 42.4 Å². The summed E-state index contributed by atoms with van der Waals surface area (Å²) >= 11 is 5.60. The Kier molecular flexibility index (Phi) is 16.5. The molecule has 0 unspecified atom stereocenters. The third kappa shape index (κ3) is 10.8. The van der Waals surface area contributed by atoms with Gasteiger partial charge in [0.15, 0.2) is 0 Å². The number of aliphatic imine (C=N–C) groups is 2. The van der Waals surface area contributed by atoms with Gasteiger partial charge in [0.25, 0.3) is 0 Å². The zero-order valence-electron chi connectivity index (χ0n) is 9.76. The monoisotopic (exact) mass is 427 g/mol. The quantitative estimate of drug-likeness (QED) is 0.604. The molecule has 2 aliphatic heterocycles. The Balaban J connectivity index is 0. The van der Waals surface area contributed by atoms with Crippen molar-refractivity contribution in [2.45, 2.75) is 0 Å². The summed E-state index contributed by atoms with van der Waals surface area (Å²) < 4.78 is 0.